The average molecular weight is 414 g/mol. The molecule has 9 heteroatoms. The van der Waals surface area contributed by atoms with Crippen molar-refractivity contribution in [3.8, 4) is 23.0 Å². The fourth-order valence-electron chi connectivity index (χ4n) is 3.21. The monoisotopic (exact) mass is 414 g/mol. The molecule has 3 N–H and O–H groups in total. The fraction of sp³-hybridized carbons (Fsp3) is 0.333. The number of benzene rings is 2. The highest BCUT2D eigenvalue weighted by atomic mass is 16.5. The first-order valence-corrected chi connectivity index (χ1v) is 9.37. The highest BCUT2D eigenvalue weighted by Gasteiger charge is 2.30. The number of hydrazine groups is 1. The standard InChI is InChI=1S/C21H26N4O5/c1-27-15-7-5-14(6-8-15)16-11-17(24-23-16)21(26)25-22-12-13-9-18(28-2)20(30-4)19(10-13)29-3/h5-10,12,16-17,23-24H,11H2,1-4H3,(H,25,26)/b22-12+. The highest BCUT2D eigenvalue weighted by Crippen LogP contribution is 2.37. The molecule has 0 bridgehead atoms. The van der Waals surface area contributed by atoms with E-state index < -0.39 is 6.04 Å². The molecule has 0 aliphatic carbocycles. The molecule has 0 spiro atoms. The van der Waals surface area contributed by atoms with Crippen molar-refractivity contribution in [3.63, 3.8) is 0 Å². The largest absolute Gasteiger partial charge is 0.497 e. The van der Waals surface area contributed by atoms with Crippen molar-refractivity contribution in [3.05, 3.63) is 47.5 Å². The van der Waals surface area contributed by atoms with Gasteiger partial charge in [-0.3, -0.25) is 4.79 Å². The maximum Gasteiger partial charge on any atom is 0.258 e. The fourth-order valence-corrected chi connectivity index (χ4v) is 3.21. The van der Waals surface area contributed by atoms with Crippen molar-refractivity contribution in [2.75, 3.05) is 28.4 Å². The summed E-state index contributed by atoms with van der Waals surface area (Å²) < 4.78 is 21.1. The van der Waals surface area contributed by atoms with Gasteiger partial charge < -0.3 is 18.9 Å². The summed E-state index contributed by atoms with van der Waals surface area (Å²) in [6.07, 6.45) is 2.11. The summed E-state index contributed by atoms with van der Waals surface area (Å²) in [6.45, 7) is 0. The summed E-state index contributed by atoms with van der Waals surface area (Å²) in [5.74, 6) is 2.07. The van der Waals surface area contributed by atoms with Crippen molar-refractivity contribution < 1.29 is 23.7 Å². The van der Waals surface area contributed by atoms with Crippen LogP contribution in [0, 0.1) is 0 Å². The minimum Gasteiger partial charge on any atom is -0.497 e. The SMILES string of the molecule is COc1ccc(C2CC(C(=O)N/N=C/c3cc(OC)c(OC)c(OC)c3)NN2)cc1. The number of carbonyl (C=O) groups is 1. The first kappa shape index (κ1) is 21.4. The van der Waals surface area contributed by atoms with Gasteiger partial charge >= 0.3 is 0 Å². The van der Waals surface area contributed by atoms with Crippen molar-refractivity contribution in [1.82, 2.24) is 16.3 Å². The van der Waals surface area contributed by atoms with E-state index in [0.29, 0.717) is 29.2 Å². The van der Waals surface area contributed by atoms with Crippen LogP contribution < -0.4 is 35.2 Å². The van der Waals surface area contributed by atoms with Gasteiger partial charge in [0.05, 0.1) is 34.7 Å². The molecule has 1 saturated heterocycles. The lowest BCUT2D eigenvalue weighted by molar-refractivity contribution is -0.122. The third kappa shape index (κ3) is 4.81. The van der Waals surface area contributed by atoms with Gasteiger partial charge in [-0.2, -0.15) is 5.10 Å². The summed E-state index contributed by atoms with van der Waals surface area (Å²) in [6, 6.07) is 10.8. The van der Waals surface area contributed by atoms with Crippen molar-refractivity contribution in [2.45, 2.75) is 18.5 Å². The Balaban J connectivity index is 1.59. The van der Waals surface area contributed by atoms with Crippen LogP contribution in [0.1, 0.15) is 23.6 Å². The molecule has 9 nitrogen and oxygen atoms in total. The molecule has 2 aromatic carbocycles. The lowest BCUT2D eigenvalue weighted by Gasteiger charge is -2.12. The van der Waals surface area contributed by atoms with Crippen molar-refractivity contribution >= 4 is 12.1 Å². The van der Waals surface area contributed by atoms with Gasteiger partial charge in [0.1, 0.15) is 11.8 Å². The zero-order valence-electron chi connectivity index (χ0n) is 17.4. The first-order chi connectivity index (χ1) is 14.6. The summed E-state index contributed by atoms with van der Waals surface area (Å²) in [5, 5.41) is 4.05. The van der Waals surface area contributed by atoms with Gasteiger partial charge in [0.2, 0.25) is 5.75 Å². The predicted octanol–water partition coefficient (Wildman–Crippen LogP) is 1.78. The molecule has 160 valence electrons. The maximum absolute atomic E-state index is 12.4. The molecule has 1 heterocycles. The van der Waals surface area contributed by atoms with E-state index in [0.717, 1.165) is 11.3 Å². The zero-order chi connectivity index (χ0) is 21.5. The Hall–Kier alpha value is -3.30. The van der Waals surface area contributed by atoms with E-state index in [4.69, 9.17) is 18.9 Å². The summed E-state index contributed by atoms with van der Waals surface area (Å²) in [5.41, 5.74) is 10.5. The lowest BCUT2D eigenvalue weighted by atomic mass is 10.0. The predicted molar refractivity (Wildman–Crippen MR) is 112 cm³/mol. The summed E-state index contributed by atoms with van der Waals surface area (Å²) in [7, 11) is 6.25. The van der Waals surface area contributed by atoms with E-state index in [9.17, 15) is 4.79 Å². The second kappa shape index (κ2) is 9.95. The molecule has 2 unspecified atom stereocenters. The van der Waals surface area contributed by atoms with Crippen LogP contribution in [0.25, 0.3) is 0 Å². The van der Waals surface area contributed by atoms with Crippen LogP contribution in [-0.2, 0) is 4.79 Å². The van der Waals surface area contributed by atoms with Gasteiger partial charge in [0.15, 0.2) is 11.5 Å². The van der Waals surface area contributed by atoms with Crippen LogP contribution in [0.4, 0.5) is 0 Å². The second-order valence-corrected chi connectivity index (χ2v) is 6.60. The van der Waals surface area contributed by atoms with Crippen LogP contribution in [-0.4, -0.2) is 46.6 Å². The number of nitrogens with one attached hydrogen (secondary N) is 3. The normalized spacial score (nSPS) is 18.3. The number of hydrazone groups is 1. The smallest absolute Gasteiger partial charge is 0.258 e. The number of amides is 1. The Labute approximate surface area is 175 Å². The van der Waals surface area contributed by atoms with Gasteiger partial charge in [-0.1, -0.05) is 12.1 Å². The van der Waals surface area contributed by atoms with E-state index in [1.165, 1.54) is 27.5 Å². The number of methoxy groups -OCH3 is 4. The molecule has 2 atom stereocenters. The molecule has 0 radical (unpaired) electrons. The van der Waals surface area contributed by atoms with E-state index in [1.54, 1.807) is 19.2 Å². The highest BCUT2D eigenvalue weighted by molar-refractivity contribution is 5.86. The molecule has 1 fully saturated rings. The molecule has 1 aliphatic heterocycles. The van der Waals surface area contributed by atoms with Crippen LogP contribution in [0.15, 0.2) is 41.5 Å². The zero-order valence-corrected chi connectivity index (χ0v) is 17.4. The van der Waals surface area contributed by atoms with Crippen LogP contribution in [0.3, 0.4) is 0 Å². The topological polar surface area (TPSA) is 102 Å². The number of nitrogens with zero attached hydrogens (tertiary/aromatic N) is 1. The van der Waals surface area contributed by atoms with E-state index in [1.807, 2.05) is 24.3 Å². The Bertz CT molecular complexity index is 876. The Morgan fingerprint density at radius 3 is 2.23 bits per heavy atom. The van der Waals surface area contributed by atoms with Crippen LogP contribution >= 0.6 is 0 Å². The Morgan fingerprint density at radius 1 is 1.00 bits per heavy atom. The Kier molecular flexibility index (Phi) is 7.10. The molecular weight excluding hydrogens is 388 g/mol. The average Bonchev–Trinajstić information content (AvgIpc) is 3.28. The molecule has 1 amide bonds. The second-order valence-electron chi connectivity index (χ2n) is 6.60. The minimum atomic E-state index is -0.408. The number of carbonyl (C=O) groups excluding carboxylic acids is 1. The molecule has 2 aromatic rings. The number of hydrogen-bond donors (Lipinski definition) is 3. The molecular formula is C21H26N4O5. The van der Waals surface area contributed by atoms with E-state index >= 15 is 0 Å². The number of ether oxygens (including phenoxy) is 4. The van der Waals surface area contributed by atoms with Gasteiger partial charge in [-0.25, -0.2) is 16.3 Å². The molecule has 0 saturated carbocycles. The van der Waals surface area contributed by atoms with Gasteiger partial charge in [-0.05, 0) is 36.2 Å². The van der Waals surface area contributed by atoms with Crippen LogP contribution in [0.5, 0.6) is 23.0 Å². The van der Waals surface area contributed by atoms with E-state index in [2.05, 4.69) is 21.4 Å². The van der Waals surface area contributed by atoms with Crippen molar-refractivity contribution in [1.29, 1.82) is 0 Å². The van der Waals surface area contributed by atoms with Gasteiger partial charge in [-0.15, -0.1) is 0 Å². The number of rotatable bonds is 8. The number of hydrogen-bond acceptors (Lipinski definition) is 8. The summed E-state index contributed by atoms with van der Waals surface area (Å²) in [4.78, 5) is 12.4. The quantitative estimate of drug-likeness (QED) is 0.447. The molecule has 3 rings (SSSR count). The van der Waals surface area contributed by atoms with E-state index in [-0.39, 0.29) is 11.9 Å². The Morgan fingerprint density at radius 2 is 1.67 bits per heavy atom. The van der Waals surface area contributed by atoms with Gasteiger partial charge in [0.25, 0.3) is 5.91 Å². The van der Waals surface area contributed by atoms with Crippen LogP contribution in [0.2, 0.25) is 0 Å². The summed E-state index contributed by atoms with van der Waals surface area (Å²) >= 11 is 0. The van der Waals surface area contributed by atoms with Crippen molar-refractivity contribution in [2.24, 2.45) is 5.10 Å². The lowest BCUT2D eigenvalue weighted by Crippen LogP contribution is -2.41. The third-order valence-corrected chi connectivity index (χ3v) is 4.81. The molecule has 0 aromatic heterocycles. The minimum absolute atomic E-state index is 0.0192. The first-order valence-electron chi connectivity index (χ1n) is 9.37. The molecule has 30 heavy (non-hydrogen) atoms. The maximum atomic E-state index is 12.4. The third-order valence-electron chi connectivity index (χ3n) is 4.81. The van der Waals surface area contributed by atoms with Gasteiger partial charge in [0, 0.05) is 11.6 Å². The molecule has 1 aliphatic rings.